The fourth-order valence-electron chi connectivity index (χ4n) is 6.72. The molecule has 2 unspecified atom stereocenters. The van der Waals surface area contributed by atoms with Gasteiger partial charge in [-0.25, -0.2) is 9.97 Å². The maximum Gasteiger partial charge on any atom is 0.262 e. The van der Waals surface area contributed by atoms with Crippen molar-refractivity contribution in [1.29, 1.82) is 0 Å². The van der Waals surface area contributed by atoms with Crippen LogP contribution in [0.25, 0.3) is 39.2 Å². The van der Waals surface area contributed by atoms with E-state index in [1.807, 2.05) is 67.7 Å². The van der Waals surface area contributed by atoms with Crippen molar-refractivity contribution in [3.63, 3.8) is 0 Å². The largest absolute Gasteiger partial charge is 0.373 e. The number of pyridine rings is 2. The van der Waals surface area contributed by atoms with Crippen LogP contribution in [0.5, 0.6) is 0 Å². The number of anilines is 1. The van der Waals surface area contributed by atoms with Gasteiger partial charge in [0.15, 0.2) is 0 Å². The van der Waals surface area contributed by atoms with Gasteiger partial charge in [0.1, 0.15) is 11.5 Å². The Morgan fingerprint density at radius 2 is 1.39 bits per heavy atom. The van der Waals surface area contributed by atoms with Gasteiger partial charge in [-0.1, -0.05) is 65.7 Å². The van der Waals surface area contributed by atoms with Crippen molar-refractivity contribution in [2.24, 2.45) is 0 Å². The Bertz CT molecular complexity index is 2190. The number of carbonyl (C=O) groups is 2. The summed E-state index contributed by atoms with van der Waals surface area (Å²) in [6.45, 7) is 2.25. The van der Waals surface area contributed by atoms with E-state index in [1.54, 1.807) is 12.4 Å². The van der Waals surface area contributed by atoms with Crippen molar-refractivity contribution >= 4 is 46.5 Å². The van der Waals surface area contributed by atoms with Gasteiger partial charge in [0, 0.05) is 104 Å². The van der Waals surface area contributed by atoms with Gasteiger partial charge < -0.3 is 26.6 Å². The molecule has 13 heteroatoms. The molecule has 0 spiro atoms. The van der Waals surface area contributed by atoms with Crippen LogP contribution in [0.3, 0.4) is 0 Å². The van der Waals surface area contributed by atoms with Crippen molar-refractivity contribution in [2.75, 3.05) is 25.5 Å². The predicted octanol–water partition coefficient (Wildman–Crippen LogP) is 5.18. The monoisotopic (exact) mass is 724 g/mol. The Balaban J connectivity index is 1.10. The molecule has 0 saturated carbocycles. The molecule has 3 aromatic heterocycles. The Labute approximate surface area is 305 Å². The highest BCUT2D eigenvalue weighted by Gasteiger charge is 2.22. The van der Waals surface area contributed by atoms with Crippen LogP contribution in [-0.4, -0.2) is 58.4 Å². The van der Waals surface area contributed by atoms with Crippen LogP contribution in [0.15, 0.2) is 77.9 Å². The first kappa shape index (κ1) is 34.6. The number of hydrogen-bond donors (Lipinski definition) is 5. The van der Waals surface area contributed by atoms with E-state index in [-0.39, 0.29) is 29.5 Å². The van der Waals surface area contributed by atoms with Crippen molar-refractivity contribution in [3.05, 3.63) is 105 Å². The van der Waals surface area contributed by atoms with E-state index in [0.29, 0.717) is 60.3 Å². The molecule has 2 aliphatic rings. The fraction of sp³-hybridized carbons (Fsp3) is 0.289. The molecule has 2 amide bonds. The lowest BCUT2D eigenvalue weighted by atomic mass is 9.97. The molecule has 11 nitrogen and oxygen atoms in total. The second-order valence-corrected chi connectivity index (χ2v) is 13.6. The number of nitrogens with zero attached hydrogens (tertiary/aromatic N) is 3. The Morgan fingerprint density at radius 3 is 2.02 bits per heavy atom. The van der Waals surface area contributed by atoms with E-state index >= 15 is 0 Å². The number of carbonyl (C=O) groups excluding carboxylic acids is 2. The molecule has 7 rings (SSSR count). The Hall–Kier alpha value is -4.81. The minimum absolute atomic E-state index is 0.0628. The van der Waals surface area contributed by atoms with Crippen LogP contribution in [0.4, 0.5) is 5.82 Å². The zero-order valence-electron chi connectivity index (χ0n) is 28.1. The average molecular weight is 726 g/mol. The second kappa shape index (κ2) is 15.2. The van der Waals surface area contributed by atoms with Crippen molar-refractivity contribution in [3.8, 4) is 33.5 Å². The summed E-state index contributed by atoms with van der Waals surface area (Å²) in [6, 6.07) is 19.5. The third kappa shape index (κ3) is 7.48. The highest BCUT2D eigenvalue weighted by atomic mass is 35.5. The van der Waals surface area contributed by atoms with Crippen LogP contribution in [-0.2, 0) is 22.7 Å². The summed E-state index contributed by atoms with van der Waals surface area (Å²) in [7, 11) is 1.84. The zero-order valence-corrected chi connectivity index (χ0v) is 29.6. The first-order valence-corrected chi connectivity index (χ1v) is 17.8. The highest BCUT2D eigenvalue weighted by Crippen LogP contribution is 2.42. The summed E-state index contributed by atoms with van der Waals surface area (Å²) in [5.74, 6) is 0.906. The lowest BCUT2D eigenvalue weighted by molar-refractivity contribution is -0.120. The van der Waals surface area contributed by atoms with E-state index in [4.69, 9.17) is 28.2 Å². The van der Waals surface area contributed by atoms with Gasteiger partial charge in [-0.05, 0) is 36.6 Å². The summed E-state index contributed by atoms with van der Waals surface area (Å²) < 4.78 is 1.53. The molecule has 2 saturated heterocycles. The molecule has 2 fully saturated rings. The quantitative estimate of drug-likeness (QED) is 0.119. The van der Waals surface area contributed by atoms with E-state index in [9.17, 15) is 14.4 Å². The molecule has 262 valence electrons. The van der Waals surface area contributed by atoms with E-state index in [2.05, 4.69) is 31.6 Å². The minimum Gasteiger partial charge on any atom is -0.373 e. The van der Waals surface area contributed by atoms with E-state index in [1.165, 1.54) is 4.40 Å². The summed E-state index contributed by atoms with van der Waals surface area (Å²) in [5, 5.41) is 16.8. The maximum absolute atomic E-state index is 13.3. The topological polar surface area (TPSA) is 142 Å². The van der Waals surface area contributed by atoms with Gasteiger partial charge in [0.2, 0.25) is 11.8 Å². The Morgan fingerprint density at radius 1 is 0.784 bits per heavy atom. The third-order valence-electron chi connectivity index (χ3n) is 9.45. The number of hydrogen-bond acceptors (Lipinski definition) is 8. The molecule has 0 aliphatic carbocycles. The molecule has 0 bridgehead atoms. The van der Waals surface area contributed by atoms with Crippen LogP contribution >= 0.6 is 23.2 Å². The van der Waals surface area contributed by atoms with E-state index < -0.39 is 0 Å². The first-order chi connectivity index (χ1) is 24.8. The van der Waals surface area contributed by atoms with Gasteiger partial charge in [-0.2, -0.15) is 0 Å². The predicted molar refractivity (Wildman–Crippen MR) is 201 cm³/mol. The molecule has 0 radical (unpaired) electrons. The number of fused-ring (bicyclic) bond motifs is 1. The maximum atomic E-state index is 13.3. The van der Waals surface area contributed by atoms with Gasteiger partial charge in [-0.3, -0.25) is 18.8 Å². The van der Waals surface area contributed by atoms with Crippen molar-refractivity contribution in [1.82, 2.24) is 35.6 Å². The lowest BCUT2D eigenvalue weighted by Gasteiger charge is -2.16. The molecular weight excluding hydrogens is 687 g/mol. The number of aromatic nitrogens is 3. The van der Waals surface area contributed by atoms with Gasteiger partial charge in [0.25, 0.3) is 5.56 Å². The smallest absolute Gasteiger partial charge is 0.262 e. The van der Waals surface area contributed by atoms with Gasteiger partial charge in [-0.15, -0.1) is 0 Å². The highest BCUT2D eigenvalue weighted by molar-refractivity contribution is 6.39. The number of amides is 2. The second-order valence-electron chi connectivity index (χ2n) is 12.9. The van der Waals surface area contributed by atoms with Gasteiger partial charge >= 0.3 is 0 Å². The van der Waals surface area contributed by atoms with E-state index in [0.717, 1.165) is 57.7 Å². The fourth-order valence-corrected chi connectivity index (χ4v) is 7.38. The molecule has 2 aromatic carbocycles. The first-order valence-electron chi connectivity index (χ1n) is 17.1. The number of nitrogens with one attached hydrogen (secondary N) is 5. The molecule has 2 aliphatic heterocycles. The molecule has 2 atom stereocenters. The van der Waals surface area contributed by atoms with Crippen LogP contribution in [0, 0.1) is 0 Å². The molecule has 5 N–H and O–H groups in total. The minimum atomic E-state index is -0.156. The van der Waals surface area contributed by atoms with Crippen LogP contribution in [0.2, 0.25) is 10.0 Å². The molecular formula is C38H38Cl2N8O3. The average Bonchev–Trinajstić information content (AvgIpc) is 3.76. The van der Waals surface area contributed by atoms with Crippen molar-refractivity contribution < 1.29 is 9.59 Å². The summed E-state index contributed by atoms with van der Waals surface area (Å²) >= 11 is 14.2. The number of rotatable bonds is 12. The lowest BCUT2D eigenvalue weighted by Crippen LogP contribution is -2.36. The third-order valence-corrected chi connectivity index (χ3v) is 10.3. The van der Waals surface area contributed by atoms with Crippen LogP contribution < -0.4 is 32.1 Å². The molecule has 5 aromatic rings. The summed E-state index contributed by atoms with van der Waals surface area (Å²) in [5.41, 5.74) is 6.50. The summed E-state index contributed by atoms with van der Waals surface area (Å²) in [4.78, 5) is 45.7. The SMILES string of the molecule is CNc1nc(-c2cccc(-c3cccc(-c4ccn5c(=O)c(CNCC6CCC(=O)N6)cnc5c4)c3Cl)c2Cl)ccc1CNCC1CCC(=O)N1. The number of benzene rings is 2. The van der Waals surface area contributed by atoms with Gasteiger partial charge in [0.05, 0.1) is 15.7 Å². The normalized spacial score (nSPS) is 17.2. The zero-order chi connectivity index (χ0) is 35.5. The summed E-state index contributed by atoms with van der Waals surface area (Å²) in [6.07, 6.45) is 6.06. The van der Waals surface area contributed by atoms with Crippen LogP contribution in [0.1, 0.15) is 36.8 Å². The standard InChI is InChI=1S/C38H38Cl2N8O3/c1-41-37-23(17-42-20-25-9-12-33(49)45-25)8-11-31(47-37)30-7-3-6-29(36(30)40)28-5-2-4-27(35(28)39)22-14-15-48-32(16-22)44-19-24(38(48)51)18-43-21-26-10-13-34(50)46-26/h2-8,11,14-16,19,25-26,42-43H,9-10,12-13,17-18,20-21H2,1H3,(H,41,47)(H,45,49)(H,46,50). The molecule has 51 heavy (non-hydrogen) atoms. The van der Waals surface area contributed by atoms with Crippen molar-refractivity contribution in [2.45, 2.75) is 50.9 Å². The Kier molecular flexibility index (Phi) is 10.3. The number of halogens is 2. The molecule has 5 heterocycles.